The molecule has 5 N–H and O–H groups in total. The fourth-order valence-corrected chi connectivity index (χ4v) is 7.06. The molecule has 0 unspecified atom stereocenters. The Hall–Kier alpha value is -4.14. The Labute approximate surface area is 241 Å². The summed E-state index contributed by atoms with van der Waals surface area (Å²) in [5.74, 6) is -2.85. The van der Waals surface area contributed by atoms with Crippen molar-refractivity contribution >= 4 is 74.5 Å². The van der Waals surface area contributed by atoms with Crippen molar-refractivity contribution in [2.45, 2.75) is 24.0 Å². The molecular formula is C21H20FN9O7S3. The van der Waals surface area contributed by atoms with Gasteiger partial charge in [0.05, 0.1) is 18.3 Å². The molecule has 216 valence electrons. The van der Waals surface area contributed by atoms with Crippen LogP contribution in [-0.2, 0) is 30.6 Å². The number of thioether (sulfide) groups is 1. The number of aliphatic hydroxyl groups is 1. The standard InChI is InChI=1S/C21H20FN9O7S3/c22-7-38-27-12(15-26-21(23)41-28-15)16(34)25-13-18(35)31-14(20(36)37)9(6-40-19(13)31)3-29-4-11-30(1-2-39-11)17(29)10(5-32)24-8-33/h1-2,4,8,10,13,19,32H,3,5-7H2,(H4-,23,24,25,26,28,33,34,36,37)/b27-12-/t10-,13+,19+/m0/s1. The molecule has 0 spiro atoms. The van der Waals surface area contributed by atoms with E-state index in [0.29, 0.717) is 17.8 Å². The molecule has 0 bridgehead atoms. The first-order valence-corrected chi connectivity index (χ1v) is 14.3. The van der Waals surface area contributed by atoms with Gasteiger partial charge in [0.15, 0.2) is 11.2 Å². The Kier molecular flexibility index (Phi) is 8.15. The molecule has 0 aliphatic carbocycles. The number of nitrogens with one attached hydrogen (secondary N) is 2. The van der Waals surface area contributed by atoms with Crippen LogP contribution in [0.15, 0.2) is 34.2 Å². The third kappa shape index (κ3) is 5.21. The average Bonchev–Trinajstić information content (AvgIpc) is 3.67. The SMILES string of the molecule is Nc1nc(/C(=N/OCF)C(=O)N[C@@H]2C(=O)N3C(C(=O)[O-])=C(Cn4cc5scc[n+]5c4[C@H](CO)NC=O)CS[C@H]23)ns1. The summed E-state index contributed by atoms with van der Waals surface area (Å²) in [5, 5.41) is 31.6. The van der Waals surface area contributed by atoms with Gasteiger partial charge >= 0.3 is 0 Å². The molecule has 41 heavy (non-hydrogen) atoms. The fourth-order valence-electron chi connectivity index (χ4n) is 4.51. The number of thiazole rings is 1. The number of β-lactam (4-membered cyclic amide) rings is 1. The van der Waals surface area contributed by atoms with Gasteiger partial charge in [0, 0.05) is 28.2 Å². The van der Waals surface area contributed by atoms with E-state index in [1.807, 2.05) is 5.38 Å². The number of nitrogens with zero attached hydrogens (tertiary/aromatic N) is 6. The second-order valence-electron chi connectivity index (χ2n) is 8.48. The maximum atomic E-state index is 13.1. The number of aliphatic carboxylic acids is 1. The summed E-state index contributed by atoms with van der Waals surface area (Å²) in [4.78, 5) is 59.4. The normalized spacial score (nSPS) is 19.5. The third-order valence-corrected chi connectivity index (χ3v) is 8.85. The number of fused-ring (bicyclic) bond motifs is 2. The van der Waals surface area contributed by atoms with Crippen LogP contribution in [0, 0.1) is 0 Å². The van der Waals surface area contributed by atoms with Crippen LogP contribution in [0.4, 0.5) is 9.52 Å². The van der Waals surface area contributed by atoms with Gasteiger partial charge in [-0.1, -0.05) is 16.5 Å². The van der Waals surface area contributed by atoms with Gasteiger partial charge in [-0.2, -0.15) is 13.8 Å². The molecule has 1 saturated heterocycles. The van der Waals surface area contributed by atoms with Gasteiger partial charge in [-0.15, -0.1) is 11.8 Å². The number of aliphatic hydroxyl groups excluding tert-OH is 1. The Bertz CT molecular complexity index is 1580. The van der Waals surface area contributed by atoms with Crippen LogP contribution in [0.2, 0.25) is 0 Å². The number of amides is 3. The quantitative estimate of drug-likeness (QED) is 0.0531. The molecule has 3 amide bonds. The number of carbonyl (C=O) groups excluding carboxylic acids is 4. The highest BCUT2D eigenvalue weighted by molar-refractivity contribution is 8.00. The molecule has 16 nitrogen and oxygen atoms in total. The first-order valence-electron chi connectivity index (χ1n) is 11.6. The molecule has 3 atom stereocenters. The van der Waals surface area contributed by atoms with Gasteiger partial charge < -0.3 is 36.2 Å². The Balaban J connectivity index is 1.40. The molecular weight excluding hydrogens is 605 g/mol. The summed E-state index contributed by atoms with van der Waals surface area (Å²) in [5.41, 5.74) is 5.04. The number of nitrogens with two attached hydrogens (primary N) is 1. The fraction of sp³-hybridized carbons (Fsp3) is 0.333. The zero-order valence-electron chi connectivity index (χ0n) is 20.6. The molecule has 2 aliphatic heterocycles. The molecule has 3 aromatic rings. The molecule has 0 aromatic carbocycles. The summed E-state index contributed by atoms with van der Waals surface area (Å²) < 4.78 is 19.9. The zero-order valence-corrected chi connectivity index (χ0v) is 23.1. The predicted molar refractivity (Wildman–Crippen MR) is 139 cm³/mol. The van der Waals surface area contributed by atoms with E-state index in [4.69, 9.17) is 5.73 Å². The summed E-state index contributed by atoms with van der Waals surface area (Å²) in [6, 6.07) is -1.93. The van der Waals surface area contributed by atoms with E-state index in [0.717, 1.165) is 21.3 Å². The highest BCUT2D eigenvalue weighted by Crippen LogP contribution is 2.40. The number of halogens is 1. The lowest BCUT2D eigenvalue weighted by Crippen LogP contribution is -2.71. The number of anilines is 1. The van der Waals surface area contributed by atoms with Gasteiger partial charge in [-0.3, -0.25) is 19.3 Å². The average molecular weight is 626 g/mol. The minimum atomic E-state index is -1.59. The van der Waals surface area contributed by atoms with Crippen molar-refractivity contribution in [3.05, 3.63) is 40.7 Å². The van der Waals surface area contributed by atoms with Crippen LogP contribution >= 0.6 is 34.6 Å². The van der Waals surface area contributed by atoms with Crippen molar-refractivity contribution in [3.8, 4) is 0 Å². The molecule has 0 saturated carbocycles. The lowest BCUT2D eigenvalue weighted by molar-refractivity contribution is -0.521. The number of alkyl halides is 1. The van der Waals surface area contributed by atoms with Crippen molar-refractivity contribution in [2.75, 3.05) is 25.0 Å². The van der Waals surface area contributed by atoms with Crippen molar-refractivity contribution in [1.29, 1.82) is 0 Å². The summed E-state index contributed by atoms with van der Waals surface area (Å²) in [6.07, 6.45) is 3.95. The number of oxime groups is 1. The molecule has 1 fully saturated rings. The number of aromatic nitrogens is 4. The Morgan fingerprint density at radius 3 is 2.93 bits per heavy atom. The third-order valence-electron chi connectivity index (χ3n) is 6.17. The van der Waals surface area contributed by atoms with Gasteiger partial charge in [-0.25, -0.2) is 8.96 Å². The van der Waals surface area contributed by atoms with Crippen LogP contribution in [0.5, 0.6) is 0 Å². The number of carboxylic acids is 1. The molecule has 20 heteroatoms. The summed E-state index contributed by atoms with van der Waals surface area (Å²) in [7, 11) is 0. The van der Waals surface area contributed by atoms with Crippen molar-refractivity contribution < 1.29 is 43.0 Å². The largest absolute Gasteiger partial charge is 0.543 e. The van der Waals surface area contributed by atoms with Crippen LogP contribution in [0.3, 0.4) is 0 Å². The van der Waals surface area contributed by atoms with E-state index in [9.17, 15) is 33.8 Å². The van der Waals surface area contributed by atoms with Gasteiger partial charge in [0.2, 0.25) is 22.8 Å². The van der Waals surface area contributed by atoms with Crippen molar-refractivity contribution in [1.82, 2.24) is 29.5 Å². The van der Waals surface area contributed by atoms with Crippen LogP contribution in [-0.4, -0.2) is 84.5 Å². The van der Waals surface area contributed by atoms with Crippen LogP contribution in [0.1, 0.15) is 17.7 Å². The first-order chi connectivity index (χ1) is 19.8. The minimum absolute atomic E-state index is 0.0128. The van der Waals surface area contributed by atoms with E-state index < -0.39 is 54.4 Å². The van der Waals surface area contributed by atoms with Gasteiger partial charge in [-0.05, 0) is 0 Å². The molecule has 0 radical (unpaired) electrons. The lowest BCUT2D eigenvalue weighted by Gasteiger charge is -2.50. The number of hydrogen-bond acceptors (Lipinski definition) is 14. The monoisotopic (exact) mass is 625 g/mol. The highest BCUT2D eigenvalue weighted by atomic mass is 32.2. The molecule has 2 aliphatic rings. The smallest absolute Gasteiger partial charge is 0.288 e. The summed E-state index contributed by atoms with van der Waals surface area (Å²) >= 11 is 3.37. The van der Waals surface area contributed by atoms with Gasteiger partial charge in [0.1, 0.15) is 30.4 Å². The Morgan fingerprint density at radius 1 is 1.46 bits per heavy atom. The van der Waals surface area contributed by atoms with E-state index in [-0.39, 0.29) is 29.0 Å². The zero-order chi connectivity index (χ0) is 29.3. The maximum Gasteiger partial charge on any atom is 0.288 e. The van der Waals surface area contributed by atoms with Crippen LogP contribution in [0.25, 0.3) is 4.83 Å². The number of carbonyl (C=O) groups is 4. The van der Waals surface area contributed by atoms with E-state index in [1.165, 1.54) is 23.1 Å². The lowest BCUT2D eigenvalue weighted by atomic mass is 10.0. The van der Waals surface area contributed by atoms with Gasteiger partial charge in [0.25, 0.3) is 24.5 Å². The van der Waals surface area contributed by atoms with E-state index in [1.54, 1.807) is 21.4 Å². The Morgan fingerprint density at radius 2 is 2.27 bits per heavy atom. The first kappa shape index (κ1) is 28.4. The maximum absolute atomic E-state index is 13.1. The van der Waals surface area contributed by atoms with E-state index >= 15 is 0 Å². The topological polar surface area (TPSA) is 221 Å². The van der Waals surface area contributed by atoms with Crippen LogP contribution < -0.4 is 25.9 Å². The van der Waals surface area contributed by atoms with E-state index in [2.05, 4.69) is 30.0 Å². The summed E-state index contributed by atoms with van der Waals surface area (Å²) in [6.45, 7) is -1.74. The highest BCUT2D eigenvalue weighted by Gasteiger charge is 2.53. The second kappa shape index (κ2) is 11.8. The number of rotatable bonds is 12. The molecule has 5 rings (SSSR count). The number of imidazole rings is 1. The van der Waals surface area contributed by atoms with Crippen molar-refractivity contribution in [2.24, 2.45) is 5.16 Å². The number of carboxylic acid groups (broad SMARTS) is 1. The number of nitrogen functional groups attached to an aromatic ring is 1. The molecule has 3 aromatic heterocycles. The minimum Gasteiger partial charge on any atom is -0.543 e. The second-order valence-corrected chi connectivity index (χ2v) is 11.3. The molecule has 5 heterocycles. The number of hydrogen-bond donors (Lipinski definition) is 4. The predicted octanol–water partition coefficient (Wildman–Crippen LogP) is -2.75. The van der Waals surface area contributed by atoms with Crippen molar-refractivity contribution in [3.63, 3.8) is 0 Å².